The predicted molar refractivity (Wildman–Crippen MR) is 181 cm³/mol. The quantitative estimate of drug-likeness (QED) is 0.201. The predicted octanol–water partition coefficient (Wildman–Crippen LogP) is 3.73. The average Bonchev–Trinajstić information content (AvgIpc) is 3.34. The van der Waals surface area contributed by atoms with Crippen molar-refractivity contribution in [1.29, 1.82) is 0 Å². The molecular formula is C37H54N4O5. The molecule has 0 aliphatic carbocycles. The minimum Gasteiger partial charge on any atom is -0.380 e. The first kappa shape index (κ1) is 37.1. The zero-order chi connectivity index (χ0) is 33.3. The lowest BCUT2D eigenvalue weighted by Crippen LogP contribution is -2.47. The molecule has 46 heavy (non-hydrogen) atoms. The summed E-state index contributed by atoms with van der Waals surface area (Å²) in [5, 5.41) is 6.15. The number of carbonyl (C=O) groups is 4. The molecule has 2 aromatic carbocycles. The fraction of sp³-hybridized carbons (Fsp3) is 0.568. The third-order valence-corrected chi connectivity index (χ3v) is 8.58. The van der Waals surface area contributed by atoms with Crippen LogP contribution in [-0.4, -0.2) is 80.3 Å². The second kappa shape index (κ2) is 20.0. The number of ketones is 2. The fourth-order valence-corrected chi connectivity index (χ4v) is 6.01. The summed E-state index contributed by atoms with van der Waals surface area (Å²) in [5.41, 5.74) is 8.21. The molecular weight excluding hydrogens is 580 g/mol. The molecule has 2 aromatic rings. The lowest BCUT2D eigenvalue weighted by molar-refractivity contribution is -0.139. The van der Waals surface area contributed by atoms with Crippen molar-refractivity contribution < 1.29 is 23.9 Å². The van der Waals surface area contributed by atoms with Gasteiger partial charge in [0.15, 0.2) is 11.6 Å². The van der Waals surface area contributed by atoms with Crippen molar-refractivity contribution in [2.75, 3.05) is 39.9 Å². The minimum absolute atomic E-state index is 0.0236. The Labute approximate surface area is 275 Å². The smallest absolute Gasteiger partial charge is 0.226 e. The summed E-state index contributed by atoms with van der Waals surface area (Å²) in [6, 6.07) is 17.7. The molecule has 0 saturated carbocycles. The van der Waals surface area contributed by atoms with E-state index in [2.05, 4.69) is 10.6 Å². The van der Waals surface area contributed by atoms with E-state index in [0.29, 0.717) is 52.0 Å². The maximum absolute atomic E-state index is 13.9. The number of ether oxygens (including phenoxy) is 1. The van der Waals surface area contributed by atoms with Gasteiger partial charge in [0.25, 0.3) is 0 Å². The number of Topliss-reactive ketones (excluding diaryl/α,β-unsaturated/α-hetero) is 2. The van der Waals surface area contributed by atoms with Gasteiger partial charge in [0.2, 0.25) is 11.8 Å². The lowest BCUT2D eigenvalue weighted by Gasteiger charge is -2.28. The van der Waals surface area contributed by atoms with E-state index in [-0.39, 0.29) is 42.1 Å². The zero-order valence-electron chi connectivity index (χ0n) is 27.9. The molecule has 0 spiro atoms. The van der Waals surface area contributed by atoms with Gasteiger partial charge in [-0.25, -0.2) is 0 Å². The Morgan fingerprint density at radius 1 is 0.848 bits per heavy atom. The van der Waals surface area contributed by atoms with E-state index < -0.39 is 23.9 Å². The van der Waals surface area contributed by atoms with Crippen LogP contribution in [0.1, 0.15) is 63.5 Å². The van der Waals surface area contributed by atoms with Crippen LogP contribution in [0.25, 0.3) is 0 Å². The monoisotopic (exact) mass is 634 g/mol. The van der Waals surface area contributed by atoms with Crippen LogP contribution >= 0.6 is 0 Å². The Hall–Kier alpha value is -3.40. The van der Waals surface area contributed by atoms with Crippen molar-refractivity contribution in [3.63, 3.8) is 0 Å². The molecule has 2 amide bonds. The number of amides is 2. The van der Waals surface area contributed by atoms with E-state index in [4.69, 9.17) is 10.5 Å². The first-order chi connectivity index (χ1) is 22.2. The number of benzene rings is 2. The summed E-state index contributed by atoms with van der Waals surface area (Å²) >= 11 is 0. The summed E-state index contributed by atoms with van der Waals surface area (Å²) in [4.78, 5) is 56.6. The molecule has 252 valence electrons. The molecule has 1 heterocycles. The first-order valence-electron chi connectivity index (χ1n) is 16.9. The average molecular weight is 635 g/mol. The van der Waals surface area contributed by atoms with Crippen molar-refractivity contribution in [2.24, 2.45) is 23.5 Å². The molecule has 1 aliphatic heterocycles. The van der Waals surface area contributed by atoms with Crippen molar-refractivity contribution in [1.82, 2.24) is 15.5 Å². The molecule has 1 fully saturated rings. The van der Waals surface area contributed by atoms with Crippen molar-refractivity contribution in [3.8, 4) is 0 Å². The minimum atomic E-state index is -0.758. The molecule has 0 bridgehead atoms. The van der Waals surface area contributed by atoms with Crippen LogP contribution in [0.3, 0.4) is 0 Å². The van der Waals surface area contributed by atoms with E-state index in [1.54, 1.807) is 0 Å². The highest BCUT2D eigenvalue weighted by atomic mass is 16.5. The Bertz CT molecular complexity index is 1210. The van der Waals surface area contributed by atoms with E-state index in [1.165, 1.54) is 0 Å². The SMILES string of the molecule is CNCCC[C@@H](CC(=O)[C@@H](CC(C)C)NC(=O)[C@H](CC(=O)[C@H](N)Cc1ccccc1)Cc1ccccc1)C(=O)N1CCCOCC1. The summed E-state index contributed by atoms with van der Waals surface area (Å²) in [6.45, 7) is 7.01. The van der Waals surface area contributed by atoms with Crippen molar-refractivity contribution in [3.05, 3.63) is 71.8 Å². The van der Waals surface area contributed by atoms with E-state index >= 15 is 0 Å². The second-order valence-corrected chi connectivity index (χ2v) is 12.9. The molecule has 1 aliphatic rings. The molecule has 3 rings (SSSR count). The van der Waals surface area contributed by atoms with Crippen LogP contribution in [0.15, 0.2) is 60.7 Å². The summed E-state index contributed by atoms with van der Waals surface area (Å²) in [6.07, 6.45) is 3.32. The standard InChI is InChI=1S/C37H54N4O5/c1-27(2)22-33(35(43)25-30(16-10-17-39-3)37(45)41-18-11-20-46-21-19-41)40-36(44)31(23-28-12-6-4-7-13-28)26-34(42)32(38)24-29-14-8-5-9-15-29/h4-9,12-15,27,30-33,39H,10-11,16-26,38H2,1-3H3,(H,40,44)/t30-,31-,32+,33+/m0/s1. The van der Waals surface area contributed by atoms with Gasteiger partial charge in [0.05, 0.1) is 18.7 Å². The van der Waals surface area contributed by atoms with Gasteiger partial charge in [-0.15, -0.1) is 0 Å². The number of rotatable bonds is 19. The van der Waals surface area contributed by atoms with Gasteiger partial charge >= 0.3 is 0 Å². The van der Waals surface area contributed by atoms with Crippen LogP contribution in [-0.2, 0) is 36.8 Å². The highest BCUT2D eigenvalue weighted by Gasteiger charge is 2.33. The Kier molecular flexibility index (Phi) is 16.1. The van der Waals surface area contributed by atoms with Gasteiger partial charge in [0, 0.05) is 44.4 Å². The van der Waals surface area contributed by atoms with Gasteiger partial charge in [-0.2, -0.15) is 0 Å². The maximum Gasteiger partial charge on any atom is 0.226 e. The Balaban J connectivity index is 1.76. The van der Waals surface area contributed by atoms with Gasteiger partial charge in [-0.3, -0.25) is 19.2 Å². The number of nitrogens with one attached hydrogen (secondary N) is 2. The number of hydrogen-bond donors (Lipinski definition) is 3. The van der Waals surface area contributed by atoms with E-state index in [1.807, 2.05) is 86.5 Å². The van der Waals surface area contributed by atoms with Crippen LogP contribution < -0.4 is 16.4 Å². The normalized spacial score (nSPS) is 16.2. The van der Waals surface area contributed by atoms with E-state index in [0.717, 1.165) is 30.5 Å². The van der Waals surface area contributed by atoms with Crippen LogP contribution in [0.2, 0.25) is 0 Å². The molecule has 9 nitrogen and oxygen atoms in total. The Morgan fingerprint density at radius 2 is 1.48 bits per heavy atom. The van der Waals surface area contributed by atoms with E-state index in [9.17, 15) is 19.2 Å². The third kappa shape index (κ3) is 12.8. The molecule has 9 heteroatoms. The first-order valence-corrected chi connectivity index (χ1v) is 16.9. The van der Waals surface area contributed by atoms with Crippen molar-refractivity contribution in [2.45, 2.75) is 77.3 Å². The largest absolute Gasteiger partial charge is 0.380 e. The number of carbonyl (C=O) groups excluding carboxylic acids is 4. The third-order valence-electron chi connectivity index (χ3n) is 8.58. The molecule has 0 radical (unpaired) electrons. The number of nitrogens with two attached hydrogens (primary N) is 1. The number of hydrogen-bond acceptors (Lipinski definition) is 7. The van der Waals surface area contributed by atoms with Gasteiger partial charge in [-0.1, -0.05) is 74.5 Å². The number of nitrogens with zero attached hydrogens (tertiary/aromatic N) is 1. The molecule has 4 N–H and O–H groups in total. The van der Waals surface area contributed by atoms with Crippen molar-refractivity contribution >= 4 is 23.4 Å². The molecule has 0 unspecified atom stereocenters. The molecule has 4 atom stereocenters. The van der Waals surface area contributed by atoms with Gasteiger partial charge < -0.3 is 26.0 Å². The molecule has 0 aromatic heterocycles. The zero-order valence-corrected chi connectivity index (χ0v) is 27.9. The topological polar surface area (TPSA) is 131 Å². The molecule has 1 saturated heterocycles. The second-order valence-electron chi connectivity index (χ2n) is 12.9. The summed E-state index contributed by atoms with van der Waals surface area (Å²) in [5.74, 6) is -1.74. The maximum atomic E-state index is 13.9. The lowest BCUT2D eigenvalue weighted by atomic mass is 9.87. The van der Waals surface area contributed by atoms with Crippen LogP contribution in [0.5, 0.6) is 0 Å². The highest BCUT2D eigenvalue weighted by Crippen LogP contribution is 2.21. The fourth-order valence-electron chi connectivity index (χ4n) is 6.01. The van der Waals surface area contributed by atoms with Crippen LogP contribution in [0.4, 0.5) is 0 Å². The highest BCUT2D eigenvalue weighted by molar-refractivity contribution is 5.94. The summed E-state index contributed by atoms with van der Waals surface area (Å²) < 4.78 is 5.55. The van der Waals surface area contributed by atoms with Gasteiger partial charge in [0.1, 0.15) is 0 Å². The van der Waals surface area contributed by atoms with Gasteiger partial charge in [-0.05, 0) is 69.2 Å². The summed E-state index contributed by atoms with van der Waals surface area (Å²) in [7, 11) is 1.87. The van der Waals surface area contributed by atoms with Crippen LogP contribution in [0, 0.1) is 17.8 Å². The Morgan fingerprint density at radius 3 is 2.11 bits per heavy atom.